The SMILES string of the molecule is CCC=C/C=C/CCCC/C=C\OC(C)=O. The van der Waals surface area contributed by atoms with Gasteiger partial charge in [0.15, 0.2) is 0 Å². The van der Waals surface area contributed by atoms with Gasteiger partial charge in [0.1, 0.15) is 0 Å². The first kappa shape index (κ1) is 14.7. The summed E-state index contributed by atoms with van der Waals surface area (Å²) in [4.78, 5) is 10.4. The maximum atomic E-state index is 10.4. The van der Waals surface area contributed by atoms with E-state index in [4.69, 9.17) is 0 Å². The molecule has 2 heteroatoms. The average Bonchev–Trinajstić information content (AvgIpc) is 2.25. The second kappa shape index (κ2) is 11.8. The summed E-state index contributed by atoms with van der Waals surface area (Å²) in [5.74, 6) is -0.262. The molecule has 0 radical (unpaired) electrons. The molecule has 0 bridgehead atoms. The van der Waals surface area contributed by atoms with E-state index in [0.29, 0.717) is 0 Å². The zero-order chi connectivity index (χ0) is 12.1. The molecule has 90 valence electrons. The molecule has 0 heterocycles. The number of esters is 1. The fourth-order valence-electron chi connectivity index (χ4n) is 1.13. The number of ether oxygens (including phenoxy) is 1. The summed E-state index contributed by atoms with van der Waals surface area (Å²) >= 11 is 0. The van der Waals surface area contributed by atoms with E-state index in [1.54, 1.807) is 0 Å². The fourth-order valence-corrected chi connectivity index (χ4v) is 1.13. The third-order valence-corrected chi connectivity index (χ3v) is 1.94. The molecule has 2 nitrogen and oxygen atoms in total. The molecule has 16 heavy (non-hydrogen) atoms. The monoisotopic (exact) mass is 222 g/mol. The highest BCUT2D eigenvalue weighted by atomic mass is 16.5. The lowest BCUT2D eigenvalue weighted by atomic mass is 10.2. The molecule has 0 aliphatic heterocycles. The first-order chi connectivity index (χ1) is 7.77. The van der Waals surface area contributed by atoms with Crippen molar-refractivity contribution in [1.82, 2.24) is 0 Å². The Bertz CT molecular complexity index is 249. The topological polar surface area (TPSA) is 26.3 Å². The molecule has 0 spiro atoms. The maximum Gasteiger partial charge on any atom is 0.307 e. The van der Waals surface area contributed by atoms with Crippen LogP contribution in [0.5, 0.6) is 0 Å². The van der Waals surface area contributed by atoms with Gasteiger partial charge in [0.25, 0.3) is 0 Å². The molecule has 0 aliphatic rings. The van der Waals surface area contributed by atoms with Crippen LogP contribution in [-0.2, 0) is 9.53 Å². The van der Waals surface area contributed by atoms with Gasteiger partial charge in [-0.3, -0.25) is 4.79 Å². The van der Waals surface area contributed by atoms with E-state index >= 15 is 0 Å². The summed E-state index contributed by atoms with van der Waals surface area (Å²) in [6, 6.07) is 0. The lowest BCUT2D eigenvalue weighted by Gasteiger charge is -1.93. The van der Waals surface area contributed by atoms with Crippen molar-refractivity contribution < 1.29 is 9.53 Å². The van der Waals surface area contributed by atoms with Crippen molar-refractivity contribution >= 4 is 5.97 Å². The number of allylic oxidation sites excluding steroid dienone is 5. The Hall–Kier alpha value is -1.31. The second-order valence-electron chi connectivity index (χ2n) is 3.53. The molecule has 0 N–H and O–H groups in total. The van der Waals surface area contributed by atoms with Gasteiger partial charge in [-0.2, -0.15) is 0 Å². The molecule has 0 aromatic heterocycles. The first-order valence-corrected chi connectivity index (χ1v) is 5.91. The highest BCUT2D eigenvalue weighted by Gasteiger charge is 1.86. The normalized spacial score (nSPS) is 11.9. The van der Waals surface area contributed by atoms with Gasteiger partial charge in [-0.15, -0.1) is 0 Å². The van der Waals surface area contributed by atoms with E-state index in [0.717, 1.165) is 25.7 Å². The molecule has 0 unspecified atom stereocenters. The highest BCUT2D eigenvalue weighted by molar-refractivity contribution is 5.66. The van der Waals surface area contributed by atoms with E-state index in [-0.39, 0.29) is 5.97 Å². The standard InChI is InChI=1S/C14H22O2/c1-3-4-5-6-7-8-9-10-11-12-13-16-14(2)15/h4-7,12-13H,3,8-11H2,1-2H3/b5-4?,7-6+,13-12-. The van der Waals surface area contributed by atoms with Crippen LogP contribution >= 0.6 is 0 Å². The van der Waals surface area contributed by atoms with Crippen LogP contribution in [0.3, 0.4) is 0 Å². The predicted octanol–water partition coefficient (Wildman–Crippen LogP) is 4.15. The molecule has 0 saturated carbocycles. The zero-order valence-electron chi connectivity index (χ0n) is 10.3. The Balaban J connectivity index is 3.27. The van der Waals surface area contributed by atoms with E-state index in [1.165, 1.54) is 19.6 Å². The number of rotatable bonds is 8. The van der Waals surface area contributed by atoms with E-state index in [2.05, 4.69) is 36.0 Å². The van der Waals surface area contributed by atoms with Crippen molar-refractivity contribution in [2.75, 3.05) is 0 Å². The third kappa shape index (κ3) is 12.7. The van der Waals surface area contributed by atoms with Crippen LogP contribution in [0.2, 0.25) is 0 Å². The number of unbranched alkanes of at least 4 members (excludes halogenated alkanes) is 3. The van der Waals surface area contributed by atoms with Crippen LogP contribution < -0.4 is 0 Å². The second-order valence-corrected chi connectivity index (χ2v) is 3.53. The van der Waals surface area contributed by atoms with Crippen LogP contribution in [0.4, 0.5) is 0 Å². The Morgan fingerprint density at radius 2 is 1.69 bits per heavy atom. The summed E-state index contributed by atoms with van der Waals surface area (Å²) in [5, 5.41) is 0. The average molecular weight is 222 g/mol. The van der Waals surface area contributed by atoms with Gasteiger partial charge in [-0.1, -0.05) is 31.2 Å². The Morgan fingerprint density at radius 1 is 1.06 bits per heavy atom. The quantitative estimate of drug-likeness (QED) is 0.267. The minimum Gasteiger partial charge on any atom is -0.435 e. The largest absolute Gasteiger partial charge is 0.435 e. The van der Waals surface area contributed by atoms with Gasteiger partial charge in [0.05, 0.1) is 6.26 Å². The summed E-state index contributed by atoms with van der Waals surface area (Å²) in [5.41, 5.74) is 0. The van der Waals surface area contributed by atoms with Gasteiger partial charge >= 0.3 is 5.97 Å². The van der Waals surface area contributed by atoms with Crippen molar-refractivity contribution in [2.24, 2.45) is 0 Å². The number of hydrogen-bond acceptors (Lipinski definition) is 2. The van der Waals surface area contributed by atoms with Crippen LogP contribution in [-0.4, -0.2) is 5.97 Å². The Kier molecular flexibility index (Phi) is 10.8. The van der Waals surface area contributed by atoms with Gasteiger partial charge in [-0.05, 0) is 38.2 Å². The van der Waals surface area contributed by atoms with E-state index in [9.17, 15) is 4.79 Å². The van der Waals surface area contributed by atoms with Gasteiger partial charge in [-0.25, -0.2) is 0 Å². The number of hydrogen-bond donors (Lipinski definition) is 0. The number of carbonyl (C=O) groups excluding carboxylic acids is 1. The van der Waals surface area contributed by atoms with Crippen molar-refractivity contribution in [3.63, 3.8) is 0 Å². The summed E-state index contributed by atoms with van der Waals surface area (Å²) in [7, 11) is 0. The molecule has 0 atom stereocenters. The van der Waals surface area contributed by atoms with Gasteiger partial charge < -0.3 is 4.74 Å². The van der Waals surface area contributed by atoms with Gasteiger partial charge in [0, 0.05) is 6.92 Å². The van der Waals surface area contributed by atoms with E-state index < -0.39 is 0 Å². The highest BCUT2D eigenvalue weighted by Crippen LogP contribution is 2.02. The van der Waals surface area contributed by atoms with Crippen LogP contribution in [0.15, 0.2) is 36.6 Å². The lowest BCUT2D eigenvalue weighted by Crippen LogP contribution is -1.89. The summed E-state index contributed by atoms with van der Waals surface area (Å²) in [6.07, 6.45) is 17.3. The van der Waals surface area contributed by atoms with Crippen molar-refractivity contribution in [3.05, 3.63) is 36.6 Å². The van der Waals surface area contributed by atoms with Gasteiger partial charge in [0.2, 0.25) is 0 Å². The van der Waals surface area contributed by atoms with Crippen molar-refractivity contribution in [3.8, 4) is 0 Å². The molecule has 0 fully saturated rings. The molecular weight excluding hydrogens is 200 g/mol. The maximum absolute atomic E-state index is 10.4. The number of carbonyl (C=O) groups is 1. The third-order valence-electron chi connectivity index (χ3n) is 1.94. The van der Waals surface area contributed by atoms with Crippen molar-refractivity contribution in [2.45, 2.75) is 46.0 Å². The summed E-state index contributed by atoms with van der Waals surface area (Å²) < 4.78 is 4.67. The minimum absolute atomic E-state index is 0.262. The van der Waals surface area contributed by atoms with Crippen LogP contribution in [0, 0.1) is 0 Å². The summed E-state index contributed by atoms with van der Waals surface area (Å²) in [6.45, 7) is 3.53. The lowest BCUT2D eigenvalue weighted by molar-refractivity contribution is -0.135. The van der Waals surface area contributed by atoms with E-state index in [1.807, 2.05) is 6.08 Å². The molecule has 0 amide bonds. The Morgan fingerprint density at radius 3 is 2.31 bits per heavy atom. The first-order valence-electron chi connectivity index (χ1n) is 5.91. The Labute approximate surface area is 98.7 Å². The molecule has 0 aliphatic carbocycles. The zero-order valence-corrected chi connectivity index (χ0v) is 10.3. The molecular formula is C14H22O2. The minimum atomic E-state index is -0.262. The van der Waals surface area contributed by atoms with Crippen LogP contribution in [0.1, 0.15) is 46.0 Å². The molecule has 0 aromatic rings. The molecule has 0 aromatic carbocycles. The molecule has 0 rings (SSSR count). The molecule has 0 saturated heterocycles. The predicted molar refractivity (Wildman–Crippen MR) is 67.9 cm³/mol. The fraction of sp³-hybridized carbons (Fsp3) is 0.500. The smallest absolute Gasteiger partial charge is 0.307 e. The van der Waals surface area contributed by atoms with Crippen LogP contribution in [0.25, 0.3) is 0 Å². The van der Waals surface area contributed by atoms with Crippen molar-refractivity contribution in [1.29, 1.82) is 0 Å².